The van der Waals surface area contributed by atoms with E-state index in [-0.39, 0.29) is 0 Å². The van der Waals surface area contributed by atoms with E-state index in [1.165, 1.54) is 0 Å². The van der Waals surface area contributed by atoms with Gasteiger partial charge in [-0.3, -0.25) is 0 Å². The van der Waals surface area contributed by atoms with Crippen molar-refractivity contribution in [3.05, 3.63) is 0 Å². The molecule has 0 saturated heterocycles. The first-order chi connectivity index (χ1) is 5.21. The second-order valence-corrected chi connectivity index (χ2v) is 46.1. The predicted octanol–water partition coefficient (Wildman–Crippen LogP) is 5.08. The average molecular weight is 506 g/mol. The monoisotopic (exact) mass is 506 g/mol. The van der Waals surface area contributed by atoms with E-state index in [9.17, 15) is 0 Å². The van der Waals surface area contributed by atoms with E-state index in [0.29, 0.717) is 0 Å². The number of unbranched alkanes of at least 4 members (excludes halogenated alkanes) is 1. The van der Waals surface area contributed by atoms with Gasteiger partial charge < -0.3 is 0 Å². The van der Waals surface area contributed by atoms with Crippen LogP contribution >= 0.6 is 53.5 Å². The van der Waals surface area contributed by atoms with Gasteiger partial charge in [0.05, 0.1) is 0 Å². The van der Waals surface area contributed by atoms with Gasteiger partial charge in [0.15, 0.2) is 0 Å². The number of halogens is 6. The first-order valence-corrected chi connectivity index (χ1v) is 29.1. The third-order valence-corrected chi connectivity index (χ3v) is 14.0. The third-order valence-electron chi connectivity index (χ3n) is 1.17. The Morgan fingerprint density at radius 2 is 0.833 bits per heavy atom. The fourth-order valence-electron chi connectivity index (χ4n) is 0.651. The molecular formula is C4H8Cl6Sn2. The van der Waals surface area contributed by atoms with Crippen LogP contribution in [0, 0.1) is 0 Å². The Morgan fingerprint density at radius 3 is 1.00 bits per heavy atom. The quantitative estimate of drug-likeness (QED) is 0.361. The van der Waals surface area contributed by atoms with Crippen LogP contribution in [0.15, 0.2) is 0 Å². The van der Waals surface area contributed by atoms with Crippen LogP contribution in [0.5, 0.6) is 0 Å². The summed E-state index contributed by atoms with van der Waals surface area (Å²) in [4.78, 5) is 0. The average Bonchev–Trinajstić information content (AvgIpc) is 1.76. The molecule has 0 unspecified atom stereocenters. The van der Waals surface area contributed by atoms with Gasteiger partial charge in [-0.1, -0.05) is 0 Å². The summed E-state index contributed by atoms with van der Waals surface area (Å²) in [5, 5.41) is 0. The van der Waals surface area contributed by atoms with Gasteiger partial charge in [-0.25, -0.2) is 0 Å². The van der Waals surface area contributed by atoms with Gasteiger partial charge in [0.1, 0.15) is 0 Å². The first-order valence-electron chi connectivity index (χ1n) is 3.34. The summed E-state index contributed by atoms with van der Waals surface area (Å²) in [7, 11) is 34.5. The van der Waals surface area contributed by atoms with Crippen LogP contribution in [0.2, 0.25) is 8.87 Å². The normalized spacial score (nSPS) is 13.5. The first kappa shape index (κ1) is 15.3. The van der Waals surface area contributed by atoms with Gasteiger partial charge in [-0.05, 0) is 0 Å². The van der Waals surface area contributed by atoms with Crippen LogP contribution in [-0.2, 0) is 0 Å². The molecular weight excluding hydrogens is 498 g/mol. The summed E-state index contributed by atoms with van der Waals surface area (Å²) in [6.07, 6.45) is 1.77. The minimum atomic E-state index is -3.10. The molecule has 0 aliphatic rings. The van der Waals surface area contributed by atoms with Gasteiger partial charge in [-0.15, -0.1) is 0 Å². The van der Waals surface area contributed by atoms with Gasteiger partial charge in [0.2, 0.25) is 0 Å². The van der Waals surface area contributed by atoms with Crippen LogP contribution in [0.1, 0.15) is 12.8 Å². The van der Waals surface area contributed by atoms with Gasteiger partial charge in [0, 0.05) is 0 Å². The van der Waals surface area contributed by atoms with Crippen LogP contribution in [0.25, 0.3) is 0 Å². The Kier molecular flexibility index (Phi) is 8.72. The molecule has 0 aromatic heterocycles. The maximum absolute atomic E-state index is 5.74. The molecule has 0 aliphatic carbocycles. The molecule has 0 radical (unpaired) electrons. The molecule has 0 aromatic carbocycles. The molecule has 12 heavy (non-hydrogen) atoms. The second-order valence-electron chi connectivity index (χ2n) is 2.44. The van der Waals surface area contributed by atoms with Crippen molar-refractivity contribution in [2.24, 2.45) is 0 Å². The van der Waals surface area contributed by atoms with E-state index < -0.39 is 30.0 Å². The molecule has 0 fully saturated rings. The Bertz CT molecular complexity index is 110. The Labute approximate surface area is 103 Å². The van der Waals surface area contributed by atoms with Crippen molar-refractivity contribution in [1.82, 2.24) is 0 Å². The van der Waals surface area contributed by atoms with Gasteiger partial charge in [0.25, 0.3) is 0 Å². The molecule has 0 N–H and O–H groups in total. The molecule has 74 valence electrons. The van der Waals surface area contributed by atoms with Crippen molar-refractivity contribution >= 4 is 83.5 Å². The Balaban J connectivity index is 3.35. The zero-order valence-electron chi connectivity index (χ0n) is 6.10. The fraction of sp³-hybridized carbons (Fsp3) is 1.00. The van der Waals surface area contributed by atoms with E-state index >= 15 is 0 Å². The summed E-state index contributed by atoms with van der Waals surface area (Å²) in [6.45, 7) is 0. The molecule has 8 heteroatoms. The molecule has 0 nitrogen and oxygen atoms in total. The van der Waals surface area contributed by atoms with Crippen LogP contribution < -0.4 is 0 Å². The number of hydrogen-bond acceptors (Lipinski definition) is 0. The maximum atomic E-state index is 5.74. The van der Waals surface area contributed by atoms with E-state index in [0.717, 1.165) is 21.7 Å². The topological polar surface area (TPSA) is 0 Å². The van der Waals surface area contributed by atoms with Crippen molar-refractivity contribution in [2.45, 2.75) is 21.7 Å². The van der Waals surface area contributed by atoms with E-state index in [4.69, 9.17) is 53.5 Å². The second kappa shape index (κ2) is 6.82. The van der Waals surface area contributed by atoms with Crippen molar-refractivity contribution in [2.75, 3.05) is 0 Å². The van der Waals surface area contributed by atoms with E-state index in [1.807, 2.05) is 0 Å². The van der Waals surface area contributed by atoms with Crippen molar-refractivity contribution in [3.63, 3.8) is 0 Å². The van der Waals surface area contributed by atoms with E-state index in [1.54, 1.807) is 0 Å². The van der Waals surface area contributed by atoms with Crippen LogP contribution in [0.4, 0.5) is 0 Å². The SMILES string of the molecule is [Cl][Sn]([Cl])([Cl])[CH2]CC[CH2][Sn]([Cl])([Cl])[Cl]. The van der Waals surface area contributed by atoms with E-state index in [2.05, 4.69) is 0 Å². The van der Waals surface area contributed by atoms with Crippen LogP contribution in [0.3, 0.4) is 0 Å². The summed E-state index contributed by atoms with van der Waals surface area (Å²) in [5.74, 6) is 0. The van der Waals surface area contributed by atoms with Crippen molar-refractivity contribution < 1.29 is 0 Å². The number of rotatable bonds is 5. The summed E-state index contributed by atoms with van der Waals surface area (Å²) >= 11 is -6.20. The standard InChI is InChI=1S/C4H8.6ClH.2Sn/c1-3-4-2;;;;;;;;/h1-4H2;6*1H;;/q;;;;;;;2*+3/p-6. The molecule has 0 amide bonds. The third kappa shape index (κ3) is 13.3. The molecule has 0 heterocycles. The zero-order valence-corrected chi connectivity index (χ0v) is 16.3. The zero-order chi connectivity index (χ0) is 9.83. The molecule has 0 aliphatic heterocycles. The summed E-state index contributed by atoms with van der Waals surface area (Å²) < 4.78 is 1.46. The van der Waals surface area contributed by atoms with Crippen LogP contribution in [-0.4, -0.2) is 30.0 Å². The molecule has 0 aromatic rings. The van der Waals surface area contributed by atoms with Crippen molar-refractivity contribution in [3.8, 4) is 0 Å². The fourth-order valence-corrected chi connectivity index (χ4v) is 9.74. The Morgan fingerprint density at radius 1 is 0.583 bits per heavy atom. The Hall–Kier alpha value is 3.34. The predicted molar refractivity (Wildman–Crippen MR) is 65.5 cm³/mol. The molecule has 0 rings (SSSR count). The minimum absolute atomic E-state index is 0.728. The summed E-state index contributed by atoms with van der Waals surface area (Å²) in [5.41, 5.74) is 0. The number of hydrogen-bond donors (Lipinski definition) is 0. The molecule has 0 spiro atoms. The van der Waals surface area contributed by atoms with Gasteiger partial charge >= 0.3 is 105 Å². The molecule has 0 atom stereocenters. The van der Waals surface area contributed by atoms with Gasteiger partial charge in [-0.2, -0.15) is 0 Å². The molecule has 0 saturated carbocycles. The molecule has 0 bridgehead atoms. The van der Waals surface area contributed by atoms with Crippen molar-refractivity contribution in [1.29, 1.82) is 0 Å². The summed E-state index contributed by atoms with van der Waals surface area (Å²) in [6, 6.07) is 0.